The van der Waals surface area contributed by atoms with E-state index in [-0.39, 0.29) is 10.6 Å². The second-order valence-corrected chi connectivity index (χ2v) is 7.85. The number of carbonyl (C=O) groups excluding carboxylic acids is 1. The monoisotopic (exact) mass is 297 g/mol. The first kappa shape index (κ1) is 13.5. The maximum Gasteiger partial charge on any atom is 0.236 e. The Morgan fingerprint density at radius 3 is 2.89 bits per heavy atom. The van der Waals surface area contributed by atoms with E-state index in [0.717, 1.165) is 6.54 Å². The van der Waals surface area contributed by atoms with Crippen LogP contribution in [0, 0.1) is 5.92 Å². The third-order valence-corrected chi connectivity index (χ3v) is 6.50. The summed E-state index contributed by atoms with van der Waals surface area (Å²) in [6.07, 6.45) is 2.50. The van der Waals surface area contributed by atoms with Gasteiger partial charge >= 0.3 is 0 Å². The lowest BCUT2D eigenvalue weighted by Gasteiger charge is -2.29. The topological polar surface area (TPSA) is 36.9 Å². The lowest BCUT2D eigenvalue weighted by Crippen LogP contribution is -2.86. The summed E-state index contributed by atoms with van der Waals surface area (Å²) in [5.41, 5.74) is 0. The van der Waals surface area contributed by atoms with Gasteiger partial charge in [-0.3, -0.25) is 4.79 Å². The zero-order valence-corrected chi connectivity index (χ0v) is 12.9. The predicted molar refractivity (Wildman–Crippen MR) is 80.2 cm³/mol. The van der Waals surface area contributed by atoms with Gasteiger partial charge in [-0.15, -0.1) is 23.1 Å². The quantitative estimate of drug-likeness (QED) is 0.922. The van der Waals surface area contributed by atoms with Crippen LogP contribution in [0.1, 0.15) is 30.0 Å². The molecule has 3 nitrogen and oxygen atoms in total. The van der Waals surface area contributed by atoms with Gasteiger partial charge in [-0.1, -0.05) is 6.07 Å². The standard InChI is InChI=1S/C14H20N2OS2/c1-10-13(17)16(9-11-4-6-15-7-5-11)14(19-10)12-3-2-8-18-12/h2-3,8,10-11,14-15H,4-7,9H2,1H3/p+1/t10-,14+/m1/s1. The molecule has 2 aliphatic rings. The highest BCUT2D eigenvalue weighted by molar-refractivity contribution is 8.01. The number of rotatable bonds is 3. The Morgan fingerprint density at radius 1 is 1.42 bits per heavy atom. The zero-order valence-electron chi connectivity index (χ0n) is 11.2. The molecule has 5 heteroatoms. The number of thiophene rings is 1. The number of nitrogens with two attached hydrogens (primary N) is 1. The van der Waals surface area contributed by atoms with Crippen LogP contribution in [-0.2, 0) is 4.79 Å². The second-order valence-electron chi connectivity index (χ2n) is 5.45. The molecule has 2 atom stereocenters. The molecule has 0 radical (unpaired) electrons. The highest BCUT2D eigenvalue weighted by Gasteiger charge is 2.40. The predicted octanol–water partition coefficient (Wildman–Crippen LogP) is 1.68. The van der Waals surface area contributed by atoms with Gasteiger partial charge in [-0.05, 0) is 24.3 Å². The molecule has 2 N–H and O–H groups in total. The van der Waals surface area contributed by atoms with E-state index in [1.807, 2.05) is 18.7 Å². The van der Waals surface area contributed by atoms with Crippen LogP contribution in [0.2, 0.25) is 0 Å². The number of hydrogen-bond acceptors (Lipinski definition) is 3. The molecular formula is C14H21N2OS2+. The molecule has 0 spiro atoms. The zero-order chi connectivity index (χ0) is 13.2. The fourth-order valence-corrected chi connectivity index (χ4v) is 5.21. The molecule has 1 aromatic heterocycles. The molecule has 2 saturated heterocycles. The molecule has 0 aliphatic carbocycles. The van der Waals surface area contributed by atoms with Crippen molar-refractivity contribution in [3.8, 4) is 0 Å². The maximum absolute atomic E-state index is 12.4. The molecule has 104 valence electrons. The van der Waals surface area contributed by atoms with Crippen LogP contribution >= 0.6 is 23.1 Å². The molecule has 0 bridgehead atoms. The van der Waals surface area contributed by atoms with Crippen molar-refractivity contribution in [2.24, 2.45) is 5.92 Å². The minimum Gasteiger partial charge on any atom is -0.346 e. The number of carbonyl (C=O) groups is 1. The number of hydrogen-bond donors (Lipinski definition) is 1. The van der Waals surface area contributed by atoms with Crippen LogP contribution in [0.15, 0.2) is 17.5 Å². The van der Waals surface area contributed by atoms with Crippen molar-refractivity contribution >= 4 is 29.0 Å². The summed E-state index contributed by atoms with van der Waals surface area (Å²) in [5, 5.41) is 4.86. The molecule has 1 amide bonds. The summed E-state index contributed by atoms with van der Waals surface area (Å²) in [5.74, 6) is 1.03. The SMILES string of the molecule is C[C@H]1S[C@@H](c2cccs2)N(CC2CC[NH2+]CC2)C1=O. The van der Waals surface area contributed by atoms with Gasteiger partial charge in [0.2, 0.25) is 5.91 Å². The van der Waals surface area contributed by atoms with Gasteiger partial charge in [0.1, 0.15) is 5.37 Å². The van der Waals surface area contributed by atoms with Crippen LogP contribution in [-0.4, -0.2) is 35.7 Å². The normalized spacial score (nSPS) is 29.1. The first-order chi connectivity index (χ1) is 9.25. The second kappa shape index (κ2) is 5.85. The number of amides is 1. The molecule has 0 aromatic carbocycles. The third-order valence-electron chi connectivity index (χ3n) is 4.05. The lowest BCUT2D eigenvalue weighted by molar-refractivity contribution is -0.664. The largest absolute Gasteiger partial charge is 0.346 e. The van der Waals surface area contributed by atoms with Crippen LogP contribution in [0.3, 0.4) is 0 Å². The molecule has 2 aliphatic heterocycles. The molecule has 3 heterocycles. The summed E-state index contributed by atoms with van der Waals surface area (Å²) in [6, 6.07) is 4.25. The van der Waals surface area contributed by atoms with Gasteiger partial charge in [0.15, 0.2) is 0 Å². The van der Waals surface area contributed by atoms with Crippen LogP contribution in [0.4, 0.5) is 0 Å². The Hall–Kier alpha value is -0.520. The molecule has 19 heavy (non-hydrogen) atoms. The Morgan fingerprint density at radius 2 is 2.21 bits per heavy atom. The van der Waals surface area contributed by atoms with Gasteiger partial charge < -0.3 is 10.2 Å². The average Bonchev–Trinajstić information content (AvgIpc) is 3.04. The average molecular weight is 297 g/mol. The number of piperidine rings is 1. The Kier molecular flexibility index (Phi) is 4.15. The summed E-state index contributed by atoms with van der Waals surface area (Å²) >= 11 is 3.58. The van der Waals surface area contributed by atoms with Crippen LogP contribution < -0.4 is 5.32 Å². The van der Waals surface area contributed by atoms with E-state index in [4.69, 9.17) is 0 Å². The van der Waals surface area contributed by atoms with Crippen LogP contribution in [0.5, 0.6) is 0 Å². The van der Waals surface area contributed by atoms with E-state index in [2.05, 4.69) is 27.7 Å². The van der Waals surface area contributed by atoms with Crippen molar-refractivity contribution in [3.63, 3.8) is 0 Å². The third kappa shape index (κ3) is 2.83. The van der Waals surface area contributed by atoms with Crippen molar-refractivity contribution in [2.75, 3.05) is 19.6 Å². The van der Waals surface area contributed by atoms with E-state index in [9.17, 15) is 4.79 Å². The molecule has 2 fully saturated rings. The smallest absolute Gasteiger partial charge is 0.236 e. The van der Waals surface area contributed by atoms with Gasteiger partial charge in [-0.25, -0.2) is 0 Å². The van der Waals surface area contributed by atoms with Gasteiger partial charge in [-0.2, -0.15) is 0 Å². The Labute approximate surface area is 122 Å². The fraction of sp³-hybridized carbons (Fsp3) is 0.643. The fourth-order valence-electron chi connectivity index (χ4n) is 2.97. The summed E-state index contributed by atoms with van der Waals surface area (Å²) < 4.78 is 0. The minimum absolute atomic E-state index is 0.113. The Balaban J connectivity index is 1.73. The number of quaternary nitrogens is 1. The lowest BCUT2D eigenvalue weighted by atomic mass is 9.97. The highest BCUT2D eigenvalue weighted by atomic mass is 32.2. The highest BCUT2D eigenvalue weighted by Crippen LogP contribution is 2.44. The Bertz CT molecular complexity index is 429. The van der Waals surface area contributed by atoms with Gasteiger partial charge in [0.25, 0.3) is 0 Å². The van der Waals surface area contributed by atoms with Crippen molar-refractivity contribution < 1.29 is 10.1 Å². The van der Waals surface area contributed by atoms with Gasteiger partial charge in [0.05, 0.1) is 18.3 Å². The van der Waals surface area contributed by atoms with E-state index >= 15 is 0 Å². The summed E-state index contributed by atoms with van der Waals surface area (Å²) in [4.78, 5) is 15.8. The summed E-state index contributed by atoms with van der Waals surface area (Å²) in [6.45, 7) is 5.44. The minimum atomic E-state index is 0.113. The maximum atomic E-state index is 12.4. The number of nitrogens with zero attached hydrogens (tertiary/aromatic N) is 1. The van der Waals surface area contributed by atoms with Crippen molar-refractivity contribution in [2.45, 2.75) is 30.4 Å². The molecule has 1 aromatic rings. The first-order valence-electron chi connectivity index (χ1n) is 7.06. The first-order valence-corrected chi connectivity index (χ1v) is 8.89. The number of thioether (sulfide) groups is 1. The van der Waals surface area contributed by atoms with E-state index in [1.54, 1.807) is 11.3 Å². The van der Waals surface area contributed by atoms with Crippen molar-refractivity contribution in [1.82, 2.24) is 4.90 Å². The van der Waals surface area contributed by atoms with E-state index in [0.29, 0.717) is 11.8 Å². The van der Waals surface area contributed by atoms with Crippen molar-refractivity contribution in [3.05, 3.63) is 22.4 Å². The molecule has 0 saturated carbocycles. The molecule has 3 rings (SSSR count). The van der Waals surface area contributed by atoms with Crippen molar-refractivity contribution in [1.29, 1.82) is 0 Å². The molecule has 0 unspecified atom stereocenters. The van der Waals surface area contributed by atoms with E-state index < -0.39 is 0 Å². The van der Waals surface area contributed by atoms with Crippen LogP contribution in [0.25, 0.3) is 0 Å². The van der Waals surface area contributed by atoms with E-state index in [1.165, 1.54) is 30.8 Å². The van der Waals surface area contributed by atoms with Gasteiger partial charge in [0, 0.05) is 24.3 Å². The molecular weight excluding hydrogens is 276 g/mol. The summed E-state index contributed by atoms with van der Waals surface area (Å²) in [7, 11) is 0.